The van der Waals surface area contributed by atoms with E-state index >= 15 is 0 Å². The van der Waals surface area contributed by atoms with Gasteiger partial charge >= 0.3 is 0 Å². The summed E-state index contributed by atoms with van der Waals surface area (Å²) in [7, 11) is 1.64. The summed E-state index contributed by atoms with van der Waals surface area (Å²) in [6.45, 7) is 5.13. The normalized spacial score (nSPS) is 11.1. The lowest BCUT2D eigenvalue weighted by molar-refractivity contribution is 0.310. The van der Waals surface area contributed by atoms with Crippen LogP contribution in [0, 0.1) is 0 Å². The minimum atomic E-state index is 0.457. The molecule has 4 rings (SSSR count). The van der Waals surface area contributed by atoms with Crippen LogP contribution in [0.1, 0.15) is 25.0 Å². The Bertz CT molecular complexity index is 1310. The molecule has 2 aromatic heterocycles. The van der Waals surface area contributed by atoms with Crippen LogP contribution in [0.15, 0.2) is 84.2 Å². The Balaban J connectivity index is 1.49. The van der Waals surface area contributed by atoms with E-state index in [0.717, 1.165) is 40.4 Å². The van der Waals surface area contributed by atoms with Crippen LogP contribution in [-0.4, -0.2) is 40.9 Å². The summed E-state index contributed by atoms with van der Waals surface area (Å²) in [5.74, 6) is 3.16. The summed E-state index contributed by atoms with van der Waals surface area (Å²) in [5.41, 5.74) is 6.87. The monoisotopic (exact) mass is 497 g/mol. The molecular weight excluding hydrogens is 466 g/mol. The van der Waals surface area contributed by atoms with E-state index in [1.807, 2.05) is 80.6 Å². The van der Waals surface area contributed by atoms with Crippen LogP contribution in [0.2, 0.25) is 0 Å². The number of hydrogen-bond acceptors (Lipinski definition) is 9. The first-order valence-electron chi connectivity index (χ1n) is 12.1. The van der Waals surface area contributed by atoms with E-state index < -0.39 is 0 Å². The largest absolute Gasteiger partial charge is 0.493 e. The van der Waals surface area contributed by atoms with Crippen molar-refractivity contribution in [3.63, 3.8) is 0 Å². The highest BCUT2D eigenvalue weighted by molar-refractivity contribution is 5.98. The number of benzene rings is 2. The van der Waals surface area contributed by atoms with Crippen LogP contribution in [-0.2, 0) is 6.42 Å². The maximum atomic E-state index is 5.70. The zero-order chi connectivity index (χ0) is 25.9. The molecule has 2 heterocycles. The van der Waals surface area contributed by atoms with Gasteiger partial charge in [0.2, 0.25) is 5.95 Å². The maximum absolute atomic E-state index is 5.70. The second kappa shape index (κ2) is 12.9. The number of aromatic nitrogens is 3. The highest BCUT2D eigenvalue weighted by atomic mass is 16.5. The van der Waals surface area contributed by atoms with Crippen molar-refractivity contribution in [3.8, 4) is 11.5 Å². The Morgan fingerprint density at radius 1 is 0.919 bits per heavy atom. The van der Waals surface area contributed by atoms with Gasteiger partial charge in [0.05, 0.1) is 19.4 Å². The fraction of sp³-hybridized carbons (Fsp3) is 0.214. The van der Waals surface area contributed by atoms with Crippen molar-refractivity contribution in [2.75, 3.05) is 36.3 Å². The number of pyridine rings is 1. The number of nitrogens with zero attached hydrogens (tertiary/aromatic N) is 4. The predicted molar refractivity (Wildman–Crippen MR) is 148 cm³/mol. The zero-order valence-corrected chi connectivity index (χ0v) is 21.2. The molecular formula is C28H31N7O2. The second-order valence-corrected chi connectivity index (χ2v) is 8.09. The van der Waals surface area contributed by atoms with E-state index in [1.54, 1.807) is 19.5 Å². The summed E-state index contributed by atoms with van der Waals surface area (Å²) >= 11 is 0. The van der Waals surface area contributed by atoms with Crippen LogP contribution in [0.3, 0.4) is 0 Å². The molecule has 0 spiro atoms. The van der Waals surface area contributed by atoms with Gasteiger partial charge in [-0.25, -0.2) is 0 Å². The van der Waals surface area contributed by atoms with Gasteiger partial charge in [-0.15, -0.1) is 0 Å². The van der Waals surface area contributed by atoms with Crippen LogP contribution >= 0.6 is 0 Å². The third-order valence-corrected chi connectivity index (χ3v) is 5.44. The Morgan fingerprint density at radius 3 is 2.46 bits per heavy atom. The lowest BCUT2D eigenvalue weighted by atomic mass is 10.1. The molecule has 190 valence electrons. The van der Waals surface area contributed by atoms with Gasteiger partial charge in [-0.3, -0.25) is 10.4 Å². The lowest BCUT2D eigenvalue weighted by Gasteiger charge is -2.13. The molecule has 0 aliphatic heterocycles. The van der Waals surface area contributed by atoms with Crippen LogP contribution in [0.5, 0.6) is 11.5 Å². The molecule has 4 aromatic rings. The Hall–Kier alpha value is -4.66. The van der Waals surface area contributed by atoms with Crippen molar-refractivity contribution in [1.29, 1.82) is 0 Å². The number of hydrazone groups is 1. The molecule has 0 radical (unpaired) electrons. The Morgan fingerprint density at radius 2 is 1.70 bits per heavy atom. The minimum absolute atomic E-state index is 0.457. The van der Waals surface area contributed by atoms with E-state index in [1.165, 1.54) is 0 Å². The van der Waals surface area contributed by atoms with Crippen LogP contribution in [0.25, 0.3) is 0 Å². The third-order valence-electron chi connectivity index (χ3n) is 5.44. The van der Waals surface area contributed by atoms with Crippen molar-refractivity contribution in [2.45, 2.75) is 20.3 Å². The molecule has 3 N–H and O–H groups in total. The quantitative estimate of drug-likeness (QED) is 0.174. The summed E-state index contributed by atoms with van der Waals surface area (Å²) in [4.78, 5) is 13.3. The molecule has 0 bridgehead atoms. The Labute approximate surface area is 217 Å². The maximum Gasteiger partial charge on any atom is 0.231 e. The minimum Gasteiger partial charge on any atom is -0.493 e. The average molecular weight is 498 g/mol. The van der Waals surface area contributed by atoms with E-state index in [0.29, 0.717) is 30.7 Å². The summed E-state index contributed by atoms with van der Waals surface area (Å²) < 4.78 is 11.1. The summed E-state index contributed by atoms with van der Waals surface area (Å²) in [6, 6.07) is 21.4. The van der Waals surface area contributed by atoms with Gasteiger partial charge in [-0.2, -0.15) is 15.1 Å². The highest BCUT2D eigenvalue weighted by Gasteiger charge is 2.08. The van der Waals surface area contributed by atoms with Gasteiger partial charge < -0.3 is 20.1 Å². The van der Waals surface area contributed by atoms with Gasteiger partial charge in [0.25, 0.3) is 0 Å². The number of anilines is 4. The fourth-order valence-electron chi connectivity index (χ4n) is 3.58. The second-order valence-electron chi connectivity index (χ2n) is 8.09. The van der Waals surface area contributed by atoms with Crippen molar-refractivity contribution in [1.82, 2.24) is 15.0 Å². The topological polar surface area (TPSA) is 106 Å². The lowest BCUT2D eigenvalue weighted by Crippen LogP contribution is -2.10. The van der Waals surface area contributed by atoms with Crippen LogP contribution < -0.4 is 25.5 Å². The van der Waals surface area contributed by atoms with Crippen molar-refractivity contribution >= 4 is 29.0 Å². The molecule has 9 nitrogen and oxygen atoms in total. The molecule has 0 saturated heterocycles. The number of rotatable bonds is 12. The molecule has 2 aromatic carbocycles. The van der Waals surface area contributed by atoms with E-state index in [4.69, 9.17) is 9.47 Å². The molecule has 0 aliphatic rings. The zero-order valence-electron chi connectivity index (χ0n) is 21.2. The summed E-state index contributed by atoms with van der Waals surface area (Å²) in [5, 5.41) is 11.1. The molecule has 37 heavy (non-hydrogen) atoms. The van der Waals surface area contributed by atoms with Crippen molar-refractivity contribution in [2.24, 2.45) is 5.10 Å². The number of methoxy groups -OCH3 is 1. The molecule has 9 heteroatoms. The number of ether oxygens (including phenoxy) is 2. The standard InChI is InChI=1S/C28H31N7O2/c1-4-37-25-18-21(10-11-24(25)36-3)12-17-30-26-19-27(35-34-20(2)22-13-15-29-16-14-22)33-28(32-26)31-23-8-6-5-7-9-23/h5-11,13-16,18-19H,4,12,17H2,1-3H3,(H3,30,31,32,33,35). The number of nitrogens with one attached hydrogen (secondary N) is 3. The molecule has 0 saturated carbocycles. The molecule has 0 atom stereocenters. The first kappa shape index (κ1) is 25.4. The summed E-state index contributed by atoms with van der Waals surface area (Å²) in [6.07, 6.45) is 4.25. The average Bonchev–Trinajstić information content (AvgIpc) is 2.93. The van der Waals surface area contributed by atoms with Crippen molar-refractivity contribution < 1.29 is 9.47 Å². The third kappa shape index (κ3) is 7.41. The van der Waals surface area contributed by atoms with E-state index in [-0.39, 0.29) is 0 Å². The highest BCUT2D eigenvalue weighted by Crippen LogP contribution is 2.28. The van der Waals surface area contributed by atoms with Gasteiger partial charge in [0.1, 0.15) is 5.82 Å². The number of hydrogen-bond donors (Lipinski definition) is 3. The van der Waals surface area contributed by atoms with Gasteiger partial charge in [-0.05, 0) is 62.2 Å². The molecule has 0 amide bonds. The van der Waals surface area contributed by atoms with Crippen molar-refractivity contribution in [3.05, 3.63) is 90.3 Å². The van der Waals surface area contributed by atoms with Gasteiger partial charge in [0.15, 0.2) is 17.3 Å². The molecule has 0 unspecified atom stereocenters. The first-order valence-corrected chi connectivity index (χ1v) is 12.1. The van der Waals surface area contributed by atoms with Gasteiger partial charge in [-0.1, -0.05) is 24.3 Å². The smallest absolute Gasteiger partial charge is 0.231 e. The predicted octanol–water partition coefficient (Wildman–Crippen LogP) is 5.51. The van der Waals surface area contributed by atoms with Crippen LogP contribution in [0.4, 0.5) is 23.3 Å². The van der Waals surface area contributed by atoms with Gasteiger partial charge in [0, 0.05) is 36.3 Å². The van der Waals surface area contributed by atoms with E-state index in [2.05, 4.69) is 36.1 Å². The fourth-order valence-corrected chi connectivity index (χ4v) is 3.58. The Kier molecular flexibility index (Phi) is 8.85. The van der Waals surface area contributed by atoms with E-state index in [9.17, 15) is 0 Å². The SMILES string of the molecule is CCOc1cc(CCNc2cc(NN=C(C)c3ccncc3)nc(Nc3ccccc3)n2)ccc1OC. The first-order chi connectivity index (χ1) is 18.1. The number of para-hydroxylation sites is 1. The molecule has 0 fully saturated rings. The molecule has 0 aliphatic carbocycles.